The van der Waals surface area contributed by atoms with Gasteiger partial charge in [0.05, 0.1) is 6.61 Å². The number of ether oxygens (including phenoxy) is 1. The van der Waals surface area contributed by atoms with E-state index in [1.165, 1.54) is 42.5 Å². The maximum Gasteiger partial charge on any atom is 0.328 e. The van der Waals surface area contributed by atoms with E-state index in [-0.39, 0.29) is 6.10 Å². The van der Waals surface area contributed by atoms with Crippen LogP contribution in [0.25, 0.3) is 0 Å². The standard InChI is InChI=1S/C21H27NO.C4H4O4/c1-17-11-13-19(14-12-17)21(18-8-4-3-5-9-18)23-16-20-10-6-7-15-22(20)2;5-3(6)1-2-4(7)8/h3-5,8-9,11-14,20-21H,6-7,10,15-16H2,1-2H3;1-2H,(H,5,6)(H,7,8). The number of benzene rings is 2. The van der Waals surface area contributed by atoms with Crippen LogP contribution in [0.4, 0.5) is 0 Å². The number of aliphatic carboxylic acids is 2. The molecule has 6 heteroatoms. The Bertz CT molecular complexity index is 832. The van der Waals surface area contributed by atoms with E-state index in [9.17, 15) is 9.59 Å². The summed E-state index contributed by atoms with van der Waals surface area (Å²) in [6.07, 6.45) is 5.01. The molecule has 2 atom stereocenters. The predicted octanol–water partition coefficient (Wildman–Crippen LogP) is 4.30. The molecule has 1 fully saturated rings. The van der Waals surface area contributed by atoms with Gasteiger partial charge in [0.1, 0.15) is 6.10 Å². The second-order valence-electron chi connectivity index (χ2n) is 7.67. The monoisotopic (exact) mass is 425 g/mol. The molecule has 0 saturated carbocycles. The van der Waals surface area contributed by atoms with Crippen molar-refractivity contribution in [3.63, 3.8) is 0 Å². The van der Waals surface area contributed by atoms with Gasteiger partial charge in [-0.15, -0.1) is 0 Å². The highest BCUT2D eigenvalue weighted by molar-refractivity contribution is 5.89. The molecule has 0 spiro atoms. The number of carboxylic acid groups (broad SMARTS) is 2. The number of aryl methyl sites for hydroxylation is 1. The molecule has 2 unspecified atom stereocenters. The van der Waals surface area contributed by atoms with Crippen molar-refractivity contribution < 1.29 is 24.5 Å². The number of hydrogen-bond acceptors (Lipinski definition) is 4. The SMILES string of the molecule is Cc1ccc(C(OCC2CCCCN2C)c2ccccc2)cc1.O=C(O)C=CC(=O)O. The first-order chi connectivity index (χ1) is 14.9. The van der Waals surface area contributed by atoms with Crippen LogP contribution in [0.3, 0.4) is 0 Å². The normalized spacial score (nSPS) is 17.5. The lowest BCUT2D eigenvalue weighted by Crippen LogP contribution is -2.39. The van der Waals surface area contributed by atoms with Crippen LogP contribution in [0, 0.1) is 6.92 Å². The Morgan fingerprint density at radius 1 is 1.00 bits per heavy atom. The highest BCUT2D eigenvalue weighted by Crippen LogP contribution is 2.27. The molecule has 166 valence electrons. The van der Waals surface area contributed by atoms with Gasteiger partial charge in [0.2, 0.25) is 0 Å². The smallest absolute Gasteiger partial charge is 0.328 e. The predicted molar refractivity (Wildman–Crippen MR) is 120 cm³/mol. The molecule has 0 radical (unpaired) electrons. The topological polar surface area (TPSA) is 87.1 Å². The van der Waals surface area contributed by atoms with Gasteiger partial charge >= 0.3 is 11.9 Å². The van der Waals surface area contributed by atoms with Crippen LogP contribution in [0.1, 0.15) is 42.1 Å². The summed E-state index contributed by atoms with van der Waals surface area (Å²) < 4.78 is 6.42. The van der Waals surface area contributed by atoms with E-state index in [1.54, 1.807) is 0 Å². The van der Waals surface area contributed by atoms with E-state index in [2.05, 4.69) is 73.5 Å². The van der Waals surface area contributed by atoms with E-state index < -0.39 is 11.9 Å². The summed E-state index contributed by atoms with van der Waals surface area (Å²) >= 11 is 0. The van der Waals surface area contributed by atoms with Crippen molar-refractivity contribution in [2.24, 2.45) is 0 Å². The van der Waals surface area contributed by atoms with E-state index in [4.69, 9.17) is 14.9 Å². The molecular formula is C25H31NO5. The second kappa shape index (κ2) is 12.7. The molecule has 0 aromatic heterocycles. The molecule has 2 N–H and O–H groups in total. The van der Waals surface area contributed by atoms with E-state index in [0.29, 0.717) is 18.2 Å². The van der Waals surface area contributed by atoms with Crippen molar-refractivity contribution in [1.82, 2.24) is 4.90 Å². The van der Waals surface area contributed by atoms with Gasteiger partial charge in [-0.05, 0) is 44.5 Å². The number of rotatable bonds is 7. The lowest BCUT2D eigenvalue weighted by Gasteiger charge is -2.33. The van der Waals surface area contributed by atoms with E-state index >= 15 is 0 Å². The van der Waals surface area contributed by atoms with Gasteiger partial charge in [-0.25, -0.2) is 9.59 Å². The number of likely N-dealkylation sites (tertiary alicyclic amines) is 1. The third-order valence-electron chi connectivity index (χ3n) is 5.23. The maximum absolute atomic E-state index is 9.55. The Morgan fingerprint density at radius 2 is 1.58 bits per heavy atom. The van der Waals surface area contributed by atoms with Crippen molar-refractivity contribution >= 4 is 11.9 Å². The Labute approximate surface area is 183 Å². The van der Waals surface area contributed by atoms with Gasteiger partial charge < -0.3 is 19.8 Å². The summed E-state index contributed by atoms with van der Waals surface area (Å²) in [5.41, 5.74) is 3.75. The van der Waals surface area contributed by atoms with Crippen LogP contribution in [0.5, 0.6) is 0 Å². The summed E-state index contributed by atoms with van der Waals surface area (Å²) in [6.45, 7) is 4.11. The molecule has 1 aliphatic heterocycles. The molecule has 2 aromatic rings. The maximum atomic E-state index is 9.55. The minimum absolute atomic E-state index is 0.0205. The quantitative estimate of drug-likeness (QED) is 0.644. The largest absolute Gasteiger partial charge is 0.478 e. The summed E-state index contributed by atoms with van der Waals surface area (Å²) in [6, 6.07) is 19.8. The van der Waals surface area contributed by atoms with Gasteiger partial charge in [0.15, 0.2) is 0 Å². The third-order valence-corrected chi connectivity index (χ3v) is 5.23. The number of nitrogens with zero attached hydrogens (tertiary/aromatic N) is 1. The Hall–Kier alpha value is -2.96. The highest BCUT2D eigenvalue weighted by atomic mass is 16.5. The van der Waals surface area contributed by atoms with Crippen molar-refractivity contribution in [2.45, 2.75) is 38.3 Å². The van der Waals surface area contributed by atoms with Crippen molar-refractivity contribution in [1.29, 1.82) is 0 Å². The number of hydrogen-bond donors (Lipinski definition) is 2. The van der Waals surface area contributed by atoms with Crippen molar-refractivity contribution in [3.8, 4) is 0 Å². The zero-order chi connectivity index (χ0) is 22.6. The first-order valence-corrected chi connectivity index (χ1v) is 10.4. The van der Waals surface area contributed by atoms with Crippen LogP contribution < -0.4 is 0 Å². The van der Waals surface area contributed by atoms with Crippen LogP contribution >= 0.6 is 0 Å². The lowest BCUT2D eigenvalue weighted by molar-refractivity contribution is -0.134. The average Bonchev–Trinajstić information content (AvgIpc) is 2.76. The van der Waals surface area contributed by atoms with Gasteiger partial charge in [-0.1, -0.05) is 66.6 Å². The minimum atomic E-state index is -1.26. The fourth-order valence-electron chi connectivity index (χ4n) is 3.46. The highest BCUT2D eigenvalue weighted by Gasteiger charge is 2.22. The van der Waals surface area contributed by atoms with Crippen molar-refractivity contribution in [3.05, 3.63) is 83.4 Å². The van der Waals surface area contributed by atoms with Crippen LogP contribution in [-0.4, -0.2) is 53.3 Å². The summed E-state index contributed by atoms with van der Waals surface area (Å²) in [5.74, 6) is -2.51. The zero-order valence-corrected chi connectivity index (χ0v) is 18.1. The number of likely N-dealkylation sites (N-methyl/N-ethyl adjacent to an activating group) is 1. The molecule has 0 aliphatic carbocycles. The summed E-state index contributed by atoms with van der Waals surface area (Å²) in [4.78, 5) is 21.6. The number of piperidine rings is 1. The molecule has 3 rings (SSSR count). The molecule has 6 nitrogen and oxygen atoms in total. The zero-order valence-electron chi connectivity index (χ0n) is 18.1. The van der Waals surface area contributed by atoms with Gasteiger partial charge in [0, 0.05) is 18.2 Å². The molecule has 1 aliphatic rings. The van der Waals surface area contributed by atoms with E-state index in [1.807, 2.05) is 0 Å². The minimum Gasteiger partial charge on any atom is -0.478 e. The lowest BCUT2D eigenvalue weighted by atomic mass is 9.99. The molecule has 1 heterocycles. The molecule has 2 aromatic carbocycles. The average molecular weight is 426 g/mol. The van der Waals surface area contributed by atoms with Gasteiger partial charge in [0.25, 0.3) is 0 Å². The molecular weight excluding hydrogens is 394 g/mol. The fourth-order valence-corrected chi connectivity index (χ4v) is 3.46. The van der Waals surface area contributed by atoms with Crippen LogP contribution in [0.2, 0.25) is 0 Å². The Balaban J connectivity index is 0.000000366. The third kappa shape index (κ3) is 8.74. The molecule has 0 bridgehead atoms. The first-order valence-electron chi connectivity index (χ1n) is 10.4. The van der Waals surface area contributed by atoms with E-state index in [0.717, 1.165) is 6.61 Å². The molecule has 0 amide bonds. The second-order valence-corrected chi connectivity index (χ2v) is 7.67. The molecule has 31 heavy (non-hydrogen) atoms. The van der Waals surface area contributed by atoms with Crippen LogP contribution in [0.15, 0.2) is 66.7 Å². The fraction of sp³-hybridized carbons (Fsp3) is 0.360. The Morgan fingerprint density at radius 3 is 2.13 bits per heavy atom. The Kier molecular flexibility index (Phi) is 9.94. The van der Waals surface area contributed by atoms with Crippen molar-refractivity contribution in [2.75, 3.05) is 20.2 Å². The number of carbonyl (C=O) groups is 2. The first kappa shape index (κ1) is 24.3. The summed E-state index contributed by atoms with van der Waals surface area (Å²) in [7, 11) is 2.22. The summed E-state index contributed by atoms with van der Waals surface area (Å²) in [5, 5.41) is 15.6. The van der Waals surface area contributed by atoms with Gasteiger partial charge in [-0.3, -0.25) is 0 Å². The van der Waals surface area contributed by atoms with Gasteiger partial charge in [-0.2, -0.15) is 0 Å². The number of carboxylic acids is 2. The molecule has 1 saturated heterocycles. The van der Waals surface area contributed by atoms with Crippen LogP contribution in [-0.2, 0) is 14.3 Å².